The van der Waals surface area contributed by atoms with E-state index in [0.717, 1.165) is 53.5 Å². The van der Waals surface area contributed by atoms with Gasteiger partial charge in [0.15, 0.2) is 0 Å². The molecule has 33 heavy (non-hydrogen) atoms. The fourth-order valence-corrected chi connectivity index (χ4v) is 4.29. The number of rotatable bonds is 11. The van der Waals surface area contributed by atoms with Gasteiger partial charge >= 0.3 is 0 Å². The number of carbonyl (C=O) groups excluding carboxylic acids is 2. The van der Waals surface area contributed by atoms with Gasteiger partial charge in [-0.1, -0.05) is 31.9 Å². The van der Waals surface area contributed by atoms with Gasteiger partial charge in [-0.3, -0.25) is 19.6 Å². The van der Waals surface area contributed by atoms with Gasteiger partial charge in [0, 0.05) is 36.2 Å². The van der Waals surface area contributed by atoms with Gasteiger partial charge in [0.25, 0.3) is 5.91 Å². The van der Waals surface area contributed by atoms with Crippen molar-refractivity contribution in [3.05, 3.63) is 65.3 Å². The van der Waals surface area contributed by atoms with Crippen molar-refractivity contribution in [2.45, 2.75) is 51.5 Å². The topological polar surface area (TPSA) is 101 Å². The zero-order valence-corrected chi connectivity index (χ0v) is 19.4. The van der Waals surface area contributed by atoms with E-state index in [1.54, 1.807) is 17.9 Å². The van der Waals surface area contributed by atoms with Gasteiger partial charge in [0.1, 0.15) is 16.5 Å². The number of benzene rings is 1. The number of aromatic amines is 1. The Labute approximate surface area is 196 Å². The quantitative estimate of drug-likeness (QED) is 0.288. The summed E-state index contributed by atoms with van der Waals surface area (Å²) in [6, 6.07) is 7.91. The lowest BCUT2D eigenvalue weighted by molar-refractivity contribution is -0.118. The molecular formula is C25H27N5O2S. The van der Waals surface area contributed by atoms with Crippen LogP contribution in [0, 0.1) is 0 Å². The molecular weight excluding hydrogens is 434 g/mol. The highest BCUT2D eigenvalue weighted by atomic mass is 32.1. The Balaban J connectivity index is 1.48. The van der Waals surface area contributed by atoms with Crippen molar-refractivity contribution in [3.8, 4) is 11.3 Å². The summed E-state index contributed by atoms with van der Waals surface area (Å²) in [6.45, 7) is 1.90. The highest BCUT2D eigenvalue weighted by molar-refractivity contribution is 7.11. The van der Waals surface area contributed by atoms with Crippen LogP contribution < -0.4 is 5.32 Å². The summed E-state index contributed by atoms with van der Waals surface area (Å²) in [5, 5.41) is 5.29. The van der Waals surface area contributed by atoms with Gasteiger partial charge in [-0.15, -0.1) is 11.3 Å². The molecule has 0 bridgehead atoms. The van der Waals surface area contributed by atoms with Crippen molar-refractivity contribution >= 4 is 33.8 Å². The number of aromatic nitrogens is 4. The van der Waals surface area contributed by atoms with Gasteiger partial charge in [0.2, 0.25) is 0 Å². The Hall–Kier alpha value is -3.39. The van der Waals surface area contributed by atoms with Crippen molar-refractivity contribution in [1.82, 2.24) is 25.3 Å². The van der Waals surface area contributed by atoms with Gasteiger partial charge in [-0.2, -0.15) is 0 Å². The summed E-state index contributed by atoms with van der Waals surface area (Å²) in [5.74, 6) is 0.869. The molecule has 4 aromatic rings. The molecule has 1 atom stereocenters. The summed E-state index contributed by atoms with van der Waals surface area (Å²) < 4.78 is 0. The van der Waals surface area contributed by atoms with E-state index >= 15 is 0 Å². The second-order valence-electron chi connectivity index (χ2n) is 8.00. The Morgan fingerprint density at radius 2 is 1.97 bits per heavy atom. The van der Waals surface area contributed by atoms with E-state index in [1.165, 1.54) is 11.3 Å². The van der Waals surface area contributed by atoms with E-state index < -0.39 is 0 Å². The van der Waals surface area contributed by atoms with Crippen molar-refractivity contribution in [2.24, 2.45) is 0 Å². The summed E-state index contributed by atoms with van der Waals surface area (Å²) in [6.07, 6.45) is 11.7. The third-order valence-corrected chi connectivity index (χ3v) is 6.45. The molecule has 0 spiro atoms. The predicted octanol–water partition coefficient (Wildman–Crippen LogP) is 5.48. The highest BCUT2D eigenvalue weighted by Gasteiger charge is 2.20. The van der Waals surface area contributed by atoms with Crippen molar-refractivity contribution in [1.29, 1.82) is 0 Å². The number of nitrogens with zero attached hydrogens (tertiary/aromatic N) is 3. The Kier molecular flexibility index (Phi) is 7.57. The van der Waals surface area contributed by atoms with Crippen molar-refractivity contribution in [2.75, 3.05) is 0 Å². The third kappa shape index (κ3) is 5.90. The van der Waals surface area contributed by atoms with E-state index in [1.807, 2.05) is 37.5 Å². The van der Waals surface area contributed by atoms with Crippen molar-refractivity contribution in [3.63, 3.8) is 0 Å². The van der Waals surface area contributed by atoms with Crippen LogP contribution in [0.1, 0.15) is 67.0 Å². The third-order valence-electron chi connectivity index (χ3n) is 5.68. The molecule has 0 aliphatic rings. The number of hydrogen-bond acceptors (Lipinski definition) is 6. The van der Waals surface area contributed by atoms with Crippen LogP contribution in [0.2, 0.25) is 0 Å². The first kappa shape index (κ1) is 22.8. The SMILES string of the molecule is CCC(=O)CCCCC[C@H](NC(=O)c1cncs1)c1ncc(-c2ccc3cnccc3c2)[nH]1. The number of ketones is 1. The first-order valence-electron chi connectivity index (χ1n) is 11.2. The average molecular weight is 462 g/mol. The Morgan fingerprint density at radius 3 is 2.79 bits per heavy atom. The number of thiazole rings is 1. The zero-order chi connectivity index (χ0) is 23.0. The minimum atomic E-state index is -0.250. The molecule has 0 saturated carbocycles. The highest BCUT2D eigenvalue weighted by Crippen LogP contribution is 2.26. The zero-order valence-electron chi connectivity index (χ0n) is 18.6. The lowest BCUT2D eigenvalue weighted by atomic mass is 10.0. The summed E-state index contributed by atoms with van der Waals surface area (Å²) in [5.41, 5.74) is 3.57. The minimum absolute atomic E-state index is 0.153. The van der Waals surface area contributed by atoms with Gasteiger partial charge in [0.05, 0.1) is 29.6 Å². The molecule has 0 aliphatic carbocycles. The van der Waals surface area contributed by atoms with E-state index in [2.05, 4.69) is 31.3 Å². The molecule has 0 radical (unpaired) electrons. The van der Waals surface area contributed by atoms with Crippen LogP contribution in [0.5, 0.6) is 0 Å². The first-order valence-corrected chi connectivity index (χ1v) is 12.1. The molecule has 0 fully saturated rings. The number of imidazole rings is 1. The van der Waals surface area contributed by atoms with Crippen LogP contribution in [-0.2, 0) is 4.79 Å². The molecule has 2 N–H and O–H groups in total. The van der Waals surface area contributed by atoms with Crippen LogP contribution >= 0.6 is 11.3 Å². The van der Waals surface area contributed by atoms with E-state index in [0.29, 0.717) is 23.5 Å². The number of unbranched alkanes of at least 4 members (excludes halogenated alkanes) is 2. The van der Waals surface area contributed by atoms with Gasteiger partial charge in [-0.25, -0.2) is 4.98 Å². The summed E-state index contributed by atoms with van der Waals surface area (Å²) in [4.78, 5) is 41.0. The van der Waals surface area contributed by atoms with Crippen LogP contribution in [0.15, 0.2) is 54.6 Å². The standard InChI is InChI=1S/C25H27N5O2S/c1-2-20(31)6-4-3-5-7-21(30-25(32)23-15-27-16-33-23)24-28-14-22(29-24)18-8-9-19-13-26-11-10-17(19)12-18/h8-16,21H,2-7H2,1H3,(H,28,29)(H,30,32)/t21-/m0/s1. The molecule has 1 amide bonds. The largest absolute Gasteiger partial charge is 0.341 e. The van der Waals surface area contributed by atoms with Crippen molar-refractivity contribution < 1.29 is 9.59 Å². The summed E-state index contributed by atoms with van der Waals surface area (Å²) >= 11 is 1.31. The molecule has 8 heteroatoms. The van der Waals surface area contributed by atoms with Crippen LogP contribution in [0.25, 0.3) is 22.0 Å². The monoisotopic (exact) mass is 461 g/mol. The van der Waals surface area contributed by atoms with E-state index in [-0.39, 0.29) is 11.9 Å². The number of hydrogen-bond donors (Lipinski definition) is 2. The number of nitrogens with one attached hydrogen (secondary N) is 2. The second-order valence-corrected chi connectivity index (χ2v) is 8.89. The lowest BCUT2D eigenvalue weighted by Gasteiger charge is -2.16. The fraction of sp³-hybridized carbons (Fsp3) is 0.320. The van der Waals surface area contributed by atoms with Gasteiger partial charge < -0.3 is 10.3 Å². The molecule has 170 valence electrons. The number of amides is 1. The number of carbonyl (C=O) groups is 2. The maximum atomic E-state index is 12.7. The number of H-pyrrole nitrogens is 1. The maximum absolute atomic E-state index is 12.7. The van der Waals surface area contributed by atoms with E-state index in [9.17, 15) is 9.59 Å². The molecule has 0 aliphatic heterocycles. The smallest absolute Gasteiger partial charge is 0.263 e. The minimum Gasteiger partial charge on any atom is -0.341 e. The fourth-order valence-electron chi connectivity index (χ4n) is 3.77. The van der Waals surface area contributed by atoms with Crippen LogP contribution in [0.4, 0.5) is 0 Å². The maximum Gasteiger partial charge on any atom is 0.263 e. The molecule has 1 aromatic carbocycles. The molecule has 0 saturated heterocycles. The van der Waals surface area contributed by atoms with Crippen LogP contribution in [-0.4, -0.2) is 31.6 Å². The molecule has 0 unspecified atom stereocenters. The molecule has 3 aromatic heterocycles. The normalized spacial score (nSPS) is 12.0. The average Bonchev–Trinajstić information content (AvgIpc) is 3.55. The summed E-state index contributed by atoms with van der Waals surface area (Å²) in [7, 11) is 0. The first-order chi connectivity index (χ1) is 16.1. The number of fused-ring (bicyclic) bond motifs is 1. The Bertz CT molecular complexity index is 1220. The van der Waals surface area contributed by atoms with Crippen LogP contribution in [0.3, 0.4) is 0 Å². The number of pyridine rings is 1. The Morgan fingerprint density at radius 1 is 1.06 bits per heavy atom. The molecule has 7 nitrogen and oxygen atoms in total. The lowest BCUT2D eigenvalue weighted by Crippen LogP contribution is -2.28. The van der Waals surface area contributed by atoms with E-state index in [4.69, 9.17) is 0 Å². The number of Topliss-reactive ketones (excluding diaryl/α,β-unsaturated/α-hetero) is 1. The molecule has 4 rings (SSSR count). The van der Waals surface area contributed by atoms with Gasteiger partial charge in [-0.05, 0) is 30.4 Å². The molecule has 3 heterocycles. The predicted molar refractivity (Wildman–Crippen MR) is 130 cm³/mol. The second kappa shape index (κ2) is 11.0.